The molecule has 2 aliphatic heterocycles. The van der Waals surface area contributed by atoms with E-state index in [1.165, 1.54) is 28.6 Å². The highest BCUT2D eigenvalue weighted by molar-refractivity contribution is 7.92. The van der Waals surface area contributed by atoms with Gasteiger partial charge in [0.05, 0.1) is 9.75 Å². The highest BCUT2D eigenvalue weighted by Gasteiger charge is 2.44. The van der Waals surface area contributed by atoms with Crippen LogP contribution < -0.4 is 5.48 Å². The number of fused-ring (bicyclic) bond motifs is 1. The first-order valence-electron chi connectivity index (χ1n) is 11.0. The van der Waals surface area contributed by atoms with Crippen molar-refractivity contribution in [2.24, 2.45) is 11.8 Å². The largest absolute Gasteiger partial charge is 0.333 e. The van der Waals surface area contributed by atoms with E-state index in [2.05, 4.69) is 28.6 Å². The lowest BCUT2D eigenvalue weighted by atomic mass is 10.1. The van der Waals surface area contributed by atoms with Gasteiger partial charge in [-0.2, -0.15) is 0 Å². The van der Waals surface area contributed by atoms with Gasteiger partial charge in [0.1, 0.15) is 6.17 Å². The molecule has 182 valence electrons. The van der Waals surface area contributed by atoms with Crippen molar-refractivity contribution in [1.29, 1.82) is 0 Å². The van der Waals surface area contributed by atoms with Gasteiger partial charge < -0.3 is 4.90 Å². The minimum absolute atomic E-state index is 0.0513. The summed E-state index contributed by atoms with van der Waals surface area (Å²) in [5.41, 5.74) is 2.22. The smallest absolute Gasteiger partial charge is 0.264 e. The normalized spacial score (nSPS) is 23.6. The molecule has 2 amide bonds. The van der Waals surface area contributed by atoms with Crippen LogP contribution in [-0.4, -0.2) is 78.6 Å². The minimum Gasteiger partial charge on any atom is -0.333 e. The topological polar surface area (TPSA) is 107 Å². The van der Waals surface area contributed by atoms with E-state index in [1.807, 2.05) is 6.07 Å². The van der Waals surface area contributed by atoms with Gasteiger partial charge in [-0.05, 0) is 55.1 Å². The van der Waals surface area contributed by atoms with E-state index in [1.54, 1.807) is 0 Å². The Morgan fingerprint density at radius 1 is 1.38 bits per heavy atom. The van der Waals surface area contributed by atoms with Crippen molar-refractivity contribution in [3.05, 3.63) is 21.4 Å². The van der Waals surface area contributed by atoms with Crippen LogP contribution in [0.25, 0.3) is 0 Å². The molecule has 3 atom stereocenters. The van der Waals surface area contributed by atoms with E-state index >= 15 is 0 Å². The van der Waals surface area contributed by atoms with Crippen molar-refractivity contribution in [2.75, 3.05) is 32.4 Å². The van der Waals surface area contributed by atoms with E-state index in [-0.39, 0.29) is 18.9 Å². The summed E-state index contributed by atoms with van der Waals surface area (Å²) in [6.07, 6.45) is 1.13. The molecule has 0 radical (unpaired) electrons. The number of thiophene rings is 1. The zero-order valence-electron chi connectivity index (χ0n) is 18.9. The molecule has 3 heterocycles. The first-order valence-corrected chi connectivity index (χ1v) is 13.7. The summed E-state index contributed by atoms with van der Waals surface area (Å²) in [5.74, 6) is 11.4. The third kappa shape index (κ3) is 4.98. The summed E-state index contributed by atoms with van der Waals surface area (Å²) in [5, 5.41) is 8.93. The number of alkyl halides is 1. The molecule has 34 heavy (non-hydrogen) atoms. The molecule has 0 spiro atoms. The Bertz CT molecular complexity index is 1230. The number of sulfone groups is 1. The first kappa shape index (κ1) is 24.7. The van der Waals surface area contributed by atoms with Crippen LogP contribution in [-0.2, 0) is 21.2 Å². The molecule has 11 heteroatoms. The Kier molecular flexibility index (Phi) is 6.76. The van der Waals surface area contributed by atoms with Crippen molar-refractivity contribution in [1.82, 2.24) is 15.3 Å². The van der Waals surface area contributed by atoms with E-state index in [9.17, 15) is 22.4 Å². The van der Waals surface area contributed by atoms with Crippen LogP contribution in [0.1, 0.15) is 39.9 Å². The molecule has 1 aliphatic carbocycles. The lowest BCUT2D eigenvalue weighted by molar-refractivity contribution is -0.131. The van der Waals surface area contributed by atoms with E-state index in [0.717, 1.165) is 29.7 Å². The fourth-order valence-electron chi connectivity index (χ4n) is 4.16. The molecule has 0 bridgehead atoms. The Balaban J connectivity index is 1.30. The second kappa shape index (κ2) is 9.31. The van der Waals surface area contributed by atoms with Gasteiger partial charge in [-0.25, -0.2) is 18.3 Å². The number of hydroxylamine groups is 1. The zero-order valence-corrected chi connectivity index (χ0v) is 20.6. The third-order valence-corrected chi connectivity index (χ3v) is 9.85. The molecule has 2 fully saturated rings. The van der Waals surface area contributed by atoms with Crippen molar-refractivity contribution in [3.63, 3.8) is 0 Å². The SMILES string of the molecule is C[C@@](CCN1Cc2cc(C#CC#C[C@H]3C[C@@H]3CN3CC(F)C3)sc2C1=O)(C(=O)NO)S(C)(=O)=O. The fraction of sp³-hybridized carbons (Fsp3) is 0.565. The summed E-state index contributed by atoms with van der Waals surface area (Å²) >= 11 is 1.27. The Morgan fingerprint density at radius 3 is 2.74 bits per heavy atom. The number of carbonyl (C=O) groups excluding carboxylic acids is 2. The standard InChI is InChI=1S/C23H26FN3O5S2/c1-23(22(29)25-30,34(2,31)32)7-8-27-12-17-10-19(33-20(17)21(27)28)6-4-3-5-15-9-16(15)11-26-13-18(24)14-26/h10,15-16,18,30H,7-9,11-14H2,1-2H3,(H,25,29)/t15-,16+,23+/m0/s1. The number of halogens is 1. The van der Waals surface area contributed by atoms with Gasteiger partial charge in [-0.3, -0.25) is 19.7 Å². The van der Waals surface area contributed by atoms with Crippen LogP contribution >= 0.6 is 11.3 Å². The number of nitrogens with one attached hydrogen (secondary N) is 1. The number of nitrogens with zero attached hydrogens (tertiary/aromatic N) is 2. The van der Waals surface area contributed by atoms with Crippen molar-refractivity contribution in [3.8, 4) is 23.7 Å². The van der Waals surface area contributed by atoms with Crippen LogP contribution in [0.15, 0.2) is 6.07 Å². The fourth-order valence-corrected chi connectivity index (χ4v) is 6.00. The number of carbonyl (C=O) groups is 2. The number of rotatable bonds is 7. The lowest BCUT2D eigenvalue weighted by Gasteiger charge is -2.34. The minimum atomic E-state index is -3.83. The number of hydrogen-bond acceptors (Lipinski definition) is 7. The van der Waals surface area contributed by atoms with E-state index < -0.39 is 26.7 Å². The van der Waals surface area contributed by atoms with Gasteiger partial charge in [0.25, 0.3) is 11.8 Å². The molecule has 1 saturated heterocycles. The molecular formula is C23H26FN3O5S2. The van der Waals surface area contributed by atoms with Crippen molar-refractivity contribution in [2.45, 2.75) is 37.2 Å². The molecule has 2 N–H and O–H groups in total. The lowest BCUT2D eigenvalue weighted by Crippen LogP contribution is -2.50. The molecule has 3 aliphatic rings. The Morgan fingerprint density at radius 2 is 2.12 bits per heavy atom. The van der Waals surface area contributed by atoms with Gasteiger partial charge in [0, 0.05) is 44.9 Å². The van der Waals surface area contributed by atoms with Crippen LogP contribution in [0.5, 0.6) is 0 Å². The maximum Gasteiger partial charge on any atom is 0.264 e. The van der Waals surface area contributed by atoms with Crippen molar-refractivity contribution >= 4 is 33.0 Å². The molecule has 4 rings (SSSR count). The van der Waals surface area contributed by atoms with Gasteiger partial charge >= 0.3 is 0 Å². The molecule has 1 aromatic rings. The van der Waals surface area contributed by atoms with Crippen LogP contribution in [0.3, 0.4) is 0 Å². The highest BCUT2D eigenvalue weighted by atomic mass is 32.2. The van der Waals surface area contributed by atoms with E-state index in [4.69, 9.17) is 5.21 Å². The van der Waals surface area contributed by atoms with Crippen LogP contribution in [0.4, 0.5) is 4.39 Å². The number of amides is 2. The highest BCUT2D eigenvalue weighted by Crippen LogP contribution is 2.39. The summed E-state index contributed by atoms with van der Waals surface area (Å²) < 4.78 is 35.2. The Hall–Kier alpha value is -2.44. The zero-order chi connectivity index (χ0) is 24.7. The van der Waals surface area contributed by atoms with Crippen LogP contribution in [0, 0.1) is 35.5 Å². The maximum atomic E-state index is 12.9. The molecular weight excluding hydrogens is 481 g/mol. The Labute approximate surface area is 202 Å². The average Bonchev–Trinajstić information content (AvgIpc) is 3.26. The average molecular weight is 508 g/mol. The second-order valence-electron chi connectivity index (χ2n) is 9.32. The monoisotopic (exact) mass is 507 g/mol. The van der Waals surface area contributed by atoms with E-state index in [0.29, 0.717) is 36.3 Å². The summed E-state index contributed by atoms with van der Waals surface area (Å²) in [6, 6.07) is 1.83. The van der Waals surface area contributed by atoms with Gasteiger partial charge in [0.15, 0.2) is 14.6 Å². The second-order valence-corrected chi connectivity index (χ2v) is 12.8. The van der Waals surface area contributed by atoms with Crippen molar-refractivity contribution < 1.29 is 27.6 Å². The molecule has 0 aromatic carbocycles. The predicted octanol–water partition coefficient (Wildman–Crippen LogP) is 1.05. The number of likely N-dealkylation sites (tertiary alicyclic amines) is 1. The maximum absolute atomic E-state index is 12.9. The third-order valence-electron chi connectivity index (χ3n) is 6.74. The number of hydrogen-bond donors (Lipinski definition) is 2. The van der Waals surface area contributed by atoms with Crippen LogP contribution in [0.2, 0.25) is 0 Å². The van der Waals surface area contributed by atoms with Gasteiger partial charge in [0.2, 0.25) is 0 Å². The molecule has 1 aromatic heterocycles. The quantitative estimate of drug-likeness (QED) is 0.325. The van der Waals surface area contributed by atoms with Gasteiger partial charge in [-0.15, -0.1) is 11.3 Å². The predicted molar refractivity (Wildman–Crippen MR) is 124 cm³/mol. The molecule has 8 nitrogen and oxygen atoms in total. The summed E-state index contributed by atoms with van der Waals surface area (Å²) in [4.78, 5) is 29.6. The molecule has 0 unspecified atom stereocenters. The van der Waals surface area contributed by atoms with Gasteiger partial charge in [-0.1, -0.05) is 5.92 Å². The first-order chi connectivity index (χ1) is 16.0. The summed E-state index contributed by atoms with van der Waals surface area (Å²) in [7, 11) is -3.83. The molecule has 1 saturated carbocycles. The summed E-state index contributed by atoms with van der Waals surface area (Å²) in [6.45, 7) is 3.55.